The maximum atomic E-state index is 12.3. The van der Waals surface area contributed by atoms with Gasteiger partial charge < -0.3 is 4.74 Å². The van der Waals surface area contributed by atoms with E-state index in [9.17, 15) is 19.7 Å². The van der Waals surface area contributed by atoms with Gasteiger partial charge in [-0.3, -0.25) is 14.9 Å². The van der Waals surface area contributed by atoms with Gasteiger partial charge in [0.05, 0.1) is 15.5 Å². The third-order valence-corrected chi connectivity index (χ3v) is 4.28. The highest BCUT2D eigenvalue weighted by molar-refractivity contribution is 6.33. The summed E-state index contributed by atoms with van der Waals surface area (Å²) < 4.78 is 5.26. The van der Waals surface area contributed by atoms with Gasteiger partial charge in [0.15, 0.2) is 5.78 Å². The van der Waals surface area contributed by atoms with Crippen molar-refractivity contribution in [2.45, 2.75) is 0 Å². The fourth-order valence-electron chi connectivity index (χ4n) is 2.49. The predicted molar refractivity (Wildman–Crippen MR) is 109 cm³/mol. The van der Waals surface area contributed by atoms with Crippen molar-refractivity contribution in [3.05, 3.63) is 111 Å². The summed E-state index contributed by atoms with van der Waals surface area (Å²) in [5.74, 6) is -0.616. The van der Waals surface area contributed by atoms with Crippen molar-refractivity contribution in [3.63, 3.8) is 0 Å². The van der Waals surface area contributed by atoms with Crippen molar-refractivity contribution in [3.8, 4) is 5.75 Å². The molecule has 0 bridgehead atoms. The molecule has 29 heavy (non-hydrogen) atoms. The number of non-ortho nitro benzene ring substituents is 1. The Morgan fingerprint density at radius 2 is 1.69 bits per heavy atom. The molecule has 6 nitrogen and oxygen atoms in total. The topological polar surface area (TPSA) is 86.5 Å². The molecule has 0 unspecified atom stereocenters. The van der Waals surface area contributed by atoms with Gasteiger partial charge in [-0.25, -0.2) is 4.79 Å². The Bertz CT molecular complexity index is 1110. The van der Waals surface area contributed by atoms with Gasteiger partial charge in [-0.2, -0.15) is 0 Å². The largest absolute Gasteiger partial charge is 0.423 e. The lowest BCUT2D eigenvalue weighted by Gasteiger charge is -2.06. The fraction of sp³-hybridized carbons (Fsp3) is 0. The molecule has 7 heteroatoms. The second-order valence-electron chi connectivity index (χ2n) is 5.94. The zero-order valence-electron chi connectivity index (χ0n) is 14.9. The molecule has 0 N–H and O–H groups in total. The summed E-state index contributed by atoms with van der Waals surface area (Å²) in [5, 5.41) is 11.1. The summed E-state index contributed by atoms with van der Waals surface area (Å²) in [6.45, 7) is 0. The molecule has 0 radical (unpaired) electrons. The van der Waals surface area contributed by atoms with E-state index in [0.717, 1.165) is 0 Å². The van der Waals surface area contributed by atoms with Crippen molar-refractivity contribution in [1.29, 1.82) is 0 Å². The maximum Gasteiger partial charge on any atom is 0.345 e. The lowest BCUT2D eigenvalue weighted by Crippen LogP contribution is -2.09. The lowest BCUT2D eigenvalue weighted by molar-refractivity contribution is -0.384. The molecule has 3 aromatic carbocycles. The van der Waals surface area contributed by atoms with Gasteiger partial charge in [0, 0.05) is 17.7 Å². The summed E-state index contributed by atoms with van der Waals surface area (Å²) in [6, 6.07) is 18.5. The van der Waals surface area contributed by atoms with E-state index < -0.39 is 10.9 Å². The first-order chi connectivity index (χ1) is 13.9. The number of hydrogen-bond acceptors (Lipinski definition) is 5. The summed E-state index contributed by atoms with van der Waals surface area (Å²) in [6.07, 6.45) is 2.82. The number of carbonyl (C=O) groups excluding carboxylic acids is 2. The van der Waals surface area contributed by atoms with Crippen LogP contribution in [0.25, 0.3) is 6.08 Å². The molecule has 0 fully saturated rings. The Balaban J connectivity index is 1.67. The number of esters is 1. The van der Waals surface area contributed by atoms with E-state index in [2.05, 4.69) is 0 Å². The monoisotopic (exact) mass is 407 g/mol. The number of nitro benzene ring substituents is 1. The normalized spacial score (nSPS) is 10.7. The van der Waals surface area contributed by atoms with Crippen LogP contribution in [0, 0.1) is 10.1 Å². The van der Waals surface area contributed by atoms with E-state index in [0.29, 0.717) is 11.1 Å². The van der Waals surface area contributed by atoms with Gasteiger partial charge in [-0.15, -0.1) is 0 Å². The van der Waals surface area contributed by atoms with Crippen LogP contribution in [0.1, 0.15) is 26.3 Å². The minimum atomic E-state index is -0.597. The second kappa shape index (κ2) is 8.95. The average molecular weight is 408 g/mol. The van der Waals surface area contributed by atoms with Gasteiger partial charge in [0.2, 0.25) is 0 Å². The molecule has 0 amide bonds. The Morgan fingerprint density at radius 3 is 2.38 bits per heavy atom. The van der Waals surface area contributed by atoms with E-state index in [1.54, 1.807) is 36.4 Å². The van der Waals surface area contributed by atoms with E-state index in [4.69, 9.17) is 16.3 Å². The highest BCUT2D eigenvalue weighted by Crippen LogP contribution is 2.20. The molecule has 0 saturated heterocycles. The standard InChI is InChI=1S/C22H14ClNO5/c23-20-7-2-1-6-19(20)22(26)29-18-11-9-16(10-12-18)21(25)13-8-15-4-3-5-17(14-15)24(27)28/h1-14H/b13-8+. The molecule has 0 aromatic heterocycles. The smallest absolute Gasteiger partial charge is 0.345 e. The van der Waals surface area contributed by atoms with Gasteiger partial charge in [-0.05, 0) is 48.0 Å². The third kappa shape index (κ3) is 5.15. The summed E-state index contributed by atoms with van der Waals surface area (Å²) >= 11 is 5.97. The Morgan fingerprint density at radius 1 is 0.966 bits per heavy atom. The van der Waals surface area contributed by atoms with Gasteiger partial charge >= 0.3 is 5.97 Å². The number of benzene rings is 3. The SMILES string of the molecule is O=C(/C=C/c1cccc([N+](=O)[O-])c1)c1ccc(OC(=O)c2ccccc2Cl)cc1. The molecular weight excluding hydrogens is 394 g/mol. The number of carbonyl (C=O) groups is 2. The highest BCUT2D eigenvalue weighted by Gasteiger charge is 2.12. The van der Waals surface area contributed by atoms with Crippen LogP contribution in [-0.4, -0.2) is 16.7 Å². The van der Waals surface area contributed by atoms with E-state index in [1.807, 2.05) is 0 Å². The van der Waals surface area contributed by atoms with Crippen molar-refractivity contribution in [2.75, 3.05) is 0 Å². The number of ether oxygens (including phenoxy) is 1. The average Bonchev–Trinajstić information content (AvgIpc) is 2.73. The minimum absolute atomic E-state index is 0.0516. The number of rotatable bonds is 6. The molecular formula is C22H14ClNO5. The first-order valence-corrected chi connectivity index (χ1v) is 8.85. The Labute approximate surface area is 171 Å². The van der Waals surface area contributed by atoms with E-state index in [-0.39, 0.29) is 27.8 Å². The Hall–Kier alpha value is -3.77. The zero-order valence-corrected chi connectivity index (χ0v) is 15.7. The number of allylic oxidation sites excluding steroid dienone is 1. The number of nitrogens with zero attached hydrogens (tertiary/aromatic N) is 1. The van der Waals surface area contributed by atoms with Gasteiger partial charge in [-0.1, -0.05) is 41.9 Å². The number of halogens is 1. The quantitative estimate of drug-likeness (QED) is 0.137. The van der Waals surface area contributed by atoms with Crippen molar-refractivity contribution < 1.29 is 19.2 Å². The number of hydrogen-bond donors (Lipinski definition) is 0. The van der Waals surface area contributed by atoms with Crippen molar-refractivity contribution in [2.24, 2.45) is 0 Å². The Kier molecular flexibility index (Phi) is 6.16. The van der Waals surface area contributed by atoms with Crippen LogP contribution in [0.2, 0.25) is 5.02 Å². The zero-order chi connectivity index (χ0) is 20.8. The van der Waals surface area contributed by atoms with Crippen LogP contribution in [0.15, 0.2) is 78.9 Å². The molecule has 0 aliphatic heterocycles. The van der Waals surface area contributed by atoms with Crippen LogP contribution in [0.4, 0.5) is 5.69 Å². The summed E-state index contributed by atoms with van der Waals surface area (Å²) in [7, 11) is 0. The lowest BCUT2D eigenvalue weighted by atomic mass is 10.1. The van der Waals surface area contributed by atoms with Crippen molar-refractivity contribution in [1.82, 2.24) is 0 Å². The summed E-state index contributed by atoms with van der Waals surface area (Å²) in [4.78, 5) is 34.7. The molecule has 0 aliphatic rings. The van der Waals surface area contributed by atoms with E-state index in [1.165, 1.54) is 48.6 Å². The second-order valence-corrected chi connectivity index (χ2v) is 6.35. The number of nitro groups is 1. The van der Waals surface area contributed by atoms with Gasteiger partial charge in [0.1, 0.15) is 5.75 Å². The highest BCUT2D eigenvalue weighted by atomic mass is 35.5. The van der Waals surface area contributed by atoms with Crippen LogP contribution < -0.4 is 4.74 Å². The predicted octanol–water partition coefficient (Wildman–Crippen LogP) is 5.36. The van der Waals surface area contributed by atoms with Crippen LogP contribution in [0.3, 0.4) is 0 Å². The minimum Gasteiger partial charge on any atom is -0.423 e. The molecule has 0 atom stereocenters. The number of ketones is 1. The van der Waals surface area contributed by atoms with Crippen molar-refractivity contribution >= 4 is 35.1 Å². The van der Waals surface area contributed by atoms with E-state index >= 15 is 0 Å². The summed E-state index contributed by atoms with van der Waals surface area (Å²) in [5.41, 5.74) is 1.11. The van der Waals surface area contributed by atoms with Crippen LogP contribution >= 0.6 is 11.6 Å². The molecule has 0 heterocycles. The molecule has 0 saturated carbocycles. The maximum absolute atomic E-state index is 12.3. The van der Waals surface area contributed by atoms with Crippen LogP contribution in [0.5, 0.6) is 5.75 Å². The molecule has 0 spiro atoms. The fourth-order valence-corrected chi connectivity index (χ4v) is 2.70. The third-order valence-electron chi connectivity index (χ3n) is 3.95. The first kappa shape index (κ1) is 20.0. The molecule has 3 rings (SSSR count). The van der Waals surface area contributed by atoms with Crippen LogP contribution in [-0.2, 0) is 0 Å². The molecule has 0 aliphatic carbocycles. The first-order valence-electron chi connectivity index (χ1n) is 8.48. The molecule has 3 aromatic rings. The molecule has 144 valence electrons. The van der Waals surface area contributed by atoms with Gasteiger partial charge in [0.25, 0.3) is 5.69 Å².